The number of rotatable bonds is 4. The molecule has 1 aliphatic heterocycles. The van der Waals surface area contributed by atoms with E-state index in [0.717, 1.165) is 12.8 Å². The summed E-state index contributed by atoms with van der Waals surface area (Å²) in [5.74, 6) is -0.401. The van der Waals surface area contributed by atoms with Crippen molar-refractivity contribution in [3.63, 3.8) is 0 Å². The van der Waals surface area contributed by atoms with E-state index in [2.05, 4.69) is 0 Å². The summed E-state index contributed by atoms with van der Waals surface area (Å²) in [6, 6.07) is 4.78. The van der Waals surface area contributed by atoms with Gasteiger partial charge in [0.1, 0.15) is 5.75 Å². The molecule has 1 aromatic carbocycles. The van der Waals surface area contributed by atoms with E-state index in [1.165, 1.54) is 0 Å². The van der Waals surface area contributed by atoms with Gasteiger partial charge in [-0.05, 0) is 38.0 Å². The SMILES string of the molecule is CC(Oc1cc(Cl)cc(Cl)c1)C(=O)N1CCCC(C(N)=O)C1. The van der Waals surface area contributed by atoms with Gasteiger partial charge in [-0.15, -0.1) is 0 Å². The molecule has 1 aliphatic rings. The van der Waals surface area contributed by atoms with Crippen molar-refractivity contribution in [2.45, 2.75) is 25.9 Å². The van der Waals surface area contributed by atoms with E-state index < -0.39 is 6.10 Å². The highest BCUT2D eigenvalue weighted by Gasteiger charge is 2.30. The molecule has 0 radical (unpaired) electrons. The lowest BCUT2D eigenvalue weighted by Crippen LogP contribution is -2.48. The van der Waals surface area contributed by atoms with Gasteiger partial charge < -0.3 is 15.4 Å². The van der Waals surface area contributed by atoms with Crippen molar-refractivity contribution in [3.05, 3.63) is 28.2 Å². The van der Waals surface area contributed by atoms with E-state index in [-0.39, 0.29) is 17.7 Å². The summed E-state index contributed by atoms with van der Waals surface area (Å²) in [7, 11) is 0. The molecule has 0 spiro atoms. The van der Waals surface area contributed by atoms with Crippen LogP contribution in [0.3, 0.4) is 0 Å². The first-order valence-electron chi connectivity index (χ1n) is 7.07. The zero-order chi connectivity index (χ0) is 16.3. The molecule has 2 N–H and O–H groups in total. The Bertz CT molecular complexity index is 560. The summed E-state index contributed by atoms with van der Waals surface area (Å²) in [6.45, 7) is 2.61. The van der Waals surface area contributed by atoms with Gasteiger partial charge in [-0.2, -0.15) is 0 Å². The Labute approximate surface area is 139 Å². The Kier molecular flexibility index (Phi) is 5.53. The van der Waals surface area contributed by atoms with Crippen LogP contribution in [0.4, 0.5) is 0 Å². The molecular formula is C15H18Cl2N2O3. The molecule has 0 bridgehead atoms. The van der Waals surface area contributed by atoms with Gasteiger partial charge in [0, 0.05) is 23.1 Å². The Morgan fingerprint density at radius 1 is 1.32 bits per heavy atom. The molecule has 2 amide bonds. The standard InChI is InChI=1S/C15H18Cl2N2O3/c1-9(22-13-6-11(16)5-12(17)7-13)15(21)19-4-2-3-10(8-19)14(18)20/h5-7,9-10H,2-4,8H2,1H3,(H2,18,20). The number of carbonyl (C=O) groups is 2. The highest BCUT2D eigenvalue weighted by atomic mass is 35.5. The summed E-state index contributed by atoms with van der Waals surface area (Å²) in [4.78, 5) is 25.3. The van der Waals surface area contributed by atoms with E-state index in [1.807, 2.05) is 0 Å². The monoisotopic (exact) mass is 344 g/mol. The fraction of sp³-hybridized carbons (Fsp3) is 0.467. The maximum absolute atomic E-state index is 12.4. The first-order chi connectivity index (χ1) is 10.4. The van der Waals surface area contributed by atoms with Gasteiger partial charge in [0.05, 0.1) is 5.92 Å². The minimum absolute atomic E-state index is 0.179. The van der Waals surface area contributed by atoms with Crippen molar-refractivity contribution < 1.29 is 14.3 Å². The lowest BCUT2D eigenvalue weighted by molar-refractivity contribution is -0.141. The van der Waals surface area contributed by atoms with Crippen LogP contribution in [0, 0.1) is 5.92 Å². The first kappa shape index (κ1) is 16.9. The third-order valence-corrected chi connectivity index (χ3v) is 4.07. The van der Waals surface area contributed by atoms with Crippen molar-refractivity contribution >= 4 is 35.0 Å². The normalized spacial score (nSPS) is 19.6. The van der Waals surface area contributed by atoms with Crippen molar-refractivity contribution in [2.75, 3.05) is 13.1 Å². The second kappa shape index (κ2) is 7.20. The van der Waals surface area contributed by atoms with Gasteiger partial charge in [0.25, 0.3) is 5.91 Å². The second-order valence-corrected chi connectivity index (χ2v) is 6.26. The van der Waals surface area contributed by atoms with E-state index in [9.17, 15) is 9.59 Å². The predicted molar refractivity (Wildman–Crippen MR) is 85.1 cm³/mol. The lowest BCUT2D eigenvalue weighted by atomic mass is 9.97. The molecule has 7 heteroatoms. The maximum atomic E-state index is 12.4. The number of hydrogen-bond donors (Lipinski definition) is 1. The van der Waals surface area contributed by atoms with Crippen LogP contribution in [0.2, 0.25) is 10.0 Å². The van der Waals surface area contributed by atoms with Gasteiger partial charge in [-0.25, -0.2) is 0 Å². The second-order valence-electron chi connectivity index (χ2n) is 5.39. The van der Waals surface area contributed by atoms with Crippen molar-refractivity contribution in [1.29, 1.82) is 0 Å². The fourth-order valence-corrected chi connectivity index (χ4v) is 3.02. The first-order valence-corrected chi connectivity index (χ1v) is 7.83. The molecule has 1 heterocycles. The molecule has 0 aromatic heterocycles. The number of amides is 2. The lowest BCUT2D eigenvalue weighted by Gasteiger charge is -2.33. The van der Waals surface area contributed by atoms with Crippen LogP contribution in [0.25, 0.3) is 0 Å². The van der Waals surface area contributed by atoms with Crippen LogP contribution in [-0.2, 0) is 9.59 Å². The minimum Gasteiger partial charge on any atom is -0.481 e. The van der Waals surface area contributed by atoms with Crippen LogP contribution in [0.5, 0.6) is 5.75 Å². The number of likely N-dealkylation sites (tertiary alicyclic amines) is 1. The number of ether oxygens (including phenoxy) is 1. The third kappa shape index (κ3) is 4.27. The molecule has 1 aromatic rings. The minimum atomic E-state index is -0.693. The van der Waals surface area contributed by atoms with Gasteiger partial charge in [0.2, 0.25) is 5.91 Å². The number of halogens is 2. The van der Waals surface area contributed by atoms with Crippen LogP contribution in [0.1, 0.15) is 19.8 Å². The van der Waals surface area contributed by atoms with Gasteiger partial charge >= 0.3 is 0 Å². The summed E-state index contributed by atoms with van der Waals surface area (Å²) in [5.41, 5.74) is 5.33. The van der Waals surface area contributed by atoms with E-state index in [0.29, 0.717) is 28.9 Å². The molecule has 120 valence electrons. The number of carbonyl (C=O) groups excluding carboxylic acids is 2. The molecule has 1 fully saturated rings. The number of primary amides is 1. The smallest absolute Gasteiger partial charge is 0.263 e. The third-order valence-electron chi connectivity index (χ3n) is 3.63. The molecule has 2 atom stereocenters. The highest BCUT2D eigenvalue weighted by Crippen LogP contribution is 2.25. The van der Waals surface area contributed by atoms with Crippen LogP contribution in [-0.4, -0.2) is 35.9 Å². The van der Waals surface area contributed by atoms with Crippen LogP contribution in [0.15, 0.2) is 18.2 Å². The maximum Gasteiger partial charge on any atom is 0.263 e. The zero-order valence-corrected chi connectivity index (χ0v) is 13.7. The summed E-state index contributed by atoms with van der Waals surface area (Å²) >= 11 is 11.8. The molecule has 0 saturated carbocycles. The number of piperidine rings is 1. The fourth-order valence-electron chi connectivity index (χ4n) is 2.52. The van der Waals surface area contributed by atoms with Crippen molar-refractivity contribution in [3.8, 4) is 5.75 Å². The van der Waals surface area contributed by atoms with Crippen LogP contribution >= 0.6 is 23.2 Å². The molecule has 22 heavy (non-hydrogen) atoms. The van der Waals surface area contributed by atoms with Gasteiger partial charge in [-0.3, -0.25) is 9.59 Å². The van der Waals surface area contributed by atoms with Crippen LogP contribution < -0.4 is 10.5 Å². The Hall–Kier alpha value is -1.46. The average molecular weight is 345 g/mol. The molecule has 1 saturated heterocycles. The molecule has 2 rings (SSSR count). The number of hydrogen-bond acceptors (Lipinski definition) is 3. The van der Waals surface area contributed by atoms with Crippen molar-refractivity contribution in [1.82, 2.24) is 4.90 Å². The quantitative estimate of drug-likeness (QED) is 0.911. The number of nitrogens with zero attached hydrogens (tertiary/aromatic N) is 1. The molecule has 2 unspecified atom stereocenters. The molecule has 5 nitrogen and oxygen atoms in total. The summed E-state index contributed by atoms with van der Waals surface area (Å²) in [5, 5.41) is 0.878. The summed E-state index contributed by atoms with van der Waals surface area (Å²) < 4.78 is 5.61. The molecule has 0 aliphatic carbocycles. The average Bonchev–Trinajstić information content (AvgIpc) is 2.45. The number of nitrogens with two attached hydrogens (primary N) is 1. The topological polar surface area (TPSA) is 72.6 Å². The molecular weight excluding hydrogens is 327 g/mol. The van der Waals surface area contributed by atoms with Gasteiger partial charge in [-0.1, -0.05) is 23.2 Å². The highest BCUT2D eigenvalue weighted by molar-refractivity contribution is 6.34. The summed E-state index contributed by atoms with van der Waals surface area (Å²) in [6.07, 6.45) is 0.786. The Balaban J connectivity index is 2.00. The Morgan fingerprint density at radius 3 is 2.55 bits per heavy atom. The van der Waals surface area contributed by atoms with E-state index >= 15 is 0 Å². The Morgan fingerprint density at radius 2 is 1.95 bits per heavy atom. The van der Waals surface area contributed by atoms with Crippen molar-refractivity contribution in [2.24, 2.45) is 11.7 Å². The zero-order valence-electron chi connectivity index (χ0n) is 12.2. The largest absolute Gasteiger partial charge is 0.481 e. The predicted octanol–water partition coefficient (Wildman–Crippen LogP) is 2.48. The van der Waals surface area contributed by atoms with E-state index in [4.69, 9.17) is 33.7 Å². The van der Waals surface area contributed by atoms with E-state index in [1.54, 1.807) is 30.0 Å². The van der Waals surface area contributed by atoms with Gasteiger partial charge in [0.15, 0.2) is 6.10 Å². The number of benzene rings is 1.